The molecule has 1 N–H and O–H groups in total. The van der Waals surface area contributed by atoms with Crippen LogP contribution >= 0.6 is 0 Å². The van der Waals surface area contributed by atoms with Crippen molar-refractivity contribution in [3.8, 4) is 23.0 Å². The number of para-hydroxylation sites is 2. The van der Waals surface area contributed by atoms with Crippen LogP contribution in [-0.2, 0) is 4.79 Å². The predicted molar refractivity (Wildman–Crippen MR) is 86.9 cm³/mol. The predicted octanol–water partition coefficient (Wildman–Crippen LogP) is 2.76. The highest BCUT2D eigenvalue weighted by atomic mass is 16.5. The summed E-state index contributed by atoms with van der Waals surface area (Å²) in [6.45, 7) is -0.156. The molecule has 0 unspecified atom stereocenters. The number of carbonyl (C=O) groups excluding carboxylic acids is 1. The minimum Gasteiger partial charge on any atom is -0.496 e. The van der Waals surface area contributed by atoms with E-state index in [1.54, 1.807) is 31.4 Å². The molecule has 7 nitrogen and oxygen atoms in total. The summed E-state index contributed by atoms with van der Waals surface area (Å²) < 4.78 is 16.0. The summed E-state index contributed by atoms with van der Waals surface area (Å²) in [6, 6.07) is 16.3. The van der Waals surface area contributed by atoms with E-state index in [1.807, 2.05) is 30.3 Å². The van der Waals surface area contributed by atoms with Crippen molar-refractivity contribution in [1.29, 1.82) is 0 Å². The van der Waals surface area contributed by atoms with Gasteiger partial charge in [-0.3, -0.25) is 10.1 Å². The van der Waals surface area contributed by atoms with Crippen LogP contribution < -0.4 is 14.8 Å². The monoisotopic (exact) mass is 325 g/mol. The molecule has 0 fully saturated rings. The Morgan fingerprint density at radius 2 is 1.83 bits per heavy atom. The molecule has 0 radical (unpaired) electrons. The number of hydrogen-bond donors (Lipinski definition) is 1. The van der Waals surface area contributed by atoms with Crippen LogP contribution in [0.25, 0.3) is 11.5 Å². The molecular formula is C17H15N3O4. The Morgan fingerprint density at radius 1 is 1.08 bits per heavy atom. The Balaban J connectivity index is 1.62. The number of anilines is 1. The summed E-state index contributed by atoms with van der Waals surface area (Å²) in [5.41, 5.74) is 0.647. The van der Waals surface area contributed by atoms with E-state index in [4.69, 9.17) is 13.9 Å². The summed E-state index contributed by atoms with van der Waals surface area (Å²) in [7, 11) is 1.55. The minimum absolute atomic E-state index is 0.00225. The van der Waals surface area contributed by atoms with Gasteiger partial charge in [-0.1, -0.05) is 35.4 Å². The Morgan fingerprint density at radius 3 is 2.62 bits per heavy atom. The standard InChI is InChI=1S/C17H15N3O4/c1-22-14-10-6-5-9-13(14)16-19-20-17(24-16)18-15(21)11-23-12-7-3-2-4-8-12/h2-10H,11H2,1H3,(H,18,20,21). The summed E-state index contributed by atoms with van der Waals surface area (Å²) >= 11 is 0. The van der Waals surface area contributed by atoms with Crippen molar-refractivity contribution in [2.75, 3.05) is 19.0 Å². The Kier molecular flexibility index (Phi) is 4.71. The number of aromatic nitrogens is 2. The average molecular weight is 325 g/mol. The molecule has 1 amide bonds. The first-order chi connectivity index (χ1) is 11.8. The van der Waals surface area contributed by atoms with E-state index >= 15 is 0 Å². The van der Waals surface area contributed by atoms with Gasteiger partial charge in [-0.2, -0.15) is 0 Å². The number of benzene rings is 2. The Labute approximate surface area is 138 Å². The zero-order chi connectivity index (χ0) is 16.8. The van der Waals surface area contributed by atoms with E-state index in [0.717, 1.165) is 0 Å². The van der Waals surface area contributed by atoms with Crippen LogP contribution in [-0.4, -0.2) is 29.8 Å². The molecule has 1 aromatic heterocycles. The highest BCUT2D eigenvalue weighted by molar-refractivity contribution is 5.89. The van der Waals surface area contributed by atoms with Gasteiger partial charge >= 0.3 is 6.01 Å². The van der Waals surface area contributed by atoms with E-state index in [1.165, 1.54) is 0 Å². The van der Waals surface area contributed by atoms with Gasteiger partial charge in [0, 0.05) is 0 Å². The minimum atomic E-state index is -0.394. The lowest BCUT2D eigenvalue weighted by Gasteiger charge is -2.05. The van der Waals surface area contributed by atoms with E-state index in [9.17, 15) is 4.79 Å². The van der Waals surface area contributed by atoms with Gasteiger partial charge in [0.2, 0.25) is 0 Å². The van der Waals surface area contributed by atoms with Gasteiger partial charge < -0.3 is 13.9 Å². The lowest BCUT2D eigenvalue weighted by molar-refractivity contribution is -0.118. The second-order valence-electron chi connectivity index (χ2n) is 4.76. The number of amides is 1. The van der Waals surface area contributed by atoms with Crippen molar-refractivity contribution in [2.45, 2.75) is 0 Å². The van der Waals surface area contributed by atoms with Crippen molar-refractivity contribution < 1.29 is 18.7 Å². The zero-order valence-electron chi connectivity index (χ0n) is 12.9. The largest absolute Gasteiger partial charge is 0.496 e. The molecule has 0 spiro atoms. The highest BCUT2D eigenvalue weighted by Crippen LogP contribution is 2.29. The molecule has 0 aliphatic heterocycles. The van der Waals surface area contributed by atoms with Gasteiger partial charge in [0.1, 0.15) is 11.5 Å². The quantitative estimate of drug-likeness (QED) is 0.750. The van der Waals surface area contributed by atoms with E-state index in [-0.39, 0.29) is 18.5 Å². The molecule has 7 heteroatoms. The van der Waals surface area contributed by atoms with Crippen molar-refractivity contribution in [3.63, 3.8) is 0 Å². The molecule has 2 aromatic carbocycles. The average Bonchev–Trinajstić information content (AvgIpc) is 3.09. The van der Waals surface area contributed by atoms with Crippen LogP contribution in [0.2, 0.25) is 0 Å². The molecule has 24 heavy (non-hydrogen) atoms. The first-order valence-corrected chi connectivity index (χ1v) is 7.21. The maximum Gasteiger partial charge on any atom is 0.322 e. The van der Waals surface area contributed by atoms with Gasteiger partial charge in [0.05, 0.1) is 12.7 Å². The highest BCUT2D eigenvalue weighted by Gasteiger charge is 2.14. The number of nitrogens with zero attached hydrogens (tertiary/aromatic N) is 2. The second-order valence-corrected chi connectivity index (χ2v) is 4.76. The molecule has 3 aromatic rings. The fraction of sp³-hybridized carbons (Fsp3) is 0.118. The normalized spacial score (nSPS) is 10.2. The third-order valence-corrected chi connectivity index (χ3v) is 3.12. The van der Waals surface area contributed by atoms with E-state index < -0.39 is 5.91 Å². The summed E-state index contributed by atoms with van der Waals surface area (Å²) in [5, 5.41) is 10.2. The fourth-order valence-electron chi connectivity index (χ4n) is 2.02. The topological polar surface area (TPSA) is 86.5 Å². The molecule has 0 aliphatic rings. The fourth-order valence-corrected chi connectivity index (χ4v) is 2.02. The van der Waals surface area contributed by atoms with Gasteiger partial charge in [-0.15, -0.1) is 5.10 Å². The maximum absolute atomic E-state index is 11.9. The van der Waals surface area contributed by atoms with Crippen LogP contribution in [0.4, 0.5) is 6.01 Å². The van der Waals surface area contributed by atoms with Crippen molar-refractivity contribution in [1.82, 2.24) is 10.2 Å². The molecule has 0 atom stereocenters. The Bertz CT molecular complexity index is 817. The molecule has 0 saturated heterocycles. The lowest BCUT2D eigenvalue weighted by atomic mass is 10.2. The third-order valence-electron chi connectivity index (χ3n) is 3.12. The molecule has 0 aliphatic carbocycles. The molecular weight excluding hydrogens is 310 g/mol. The number of hydrogen-bond acceptors (Lipinski definition) is 6. The smallest absolute Gasteiger partial charge is 0.322 e. The van der Waals surface area contributed by atoms with Crippen LogP contribution in [0.3, 0.4) is 0 Å². The number of rotatable bonds is 6. The maximum atomic E-state index is 11.9. The lowest BCUT2D eigenvalue weighted by Crippen LogP contribution is -2.20. The SMILES string of the molecule is COc1ccccc1-c1nnc(NC(=O)COc2ccccc2)o1. The summed E-state index contributed by atoms with van der Waals surface area (Å²) in [5.74, 6) is 1.07. The van der Waals surface area contributed by atoms with Crippen molar-refractivity contribution in [3.05, 3.63) is 54.6 Å². The first-order valence-electron chi connectivity index (χ1n) is 7.21. The van der Waals surface area contributed by atoms with Crippen LogP contribution in [0.5, 0.6) is 11.5 Å². The second kappa shape index (κ2) is 7.28. The van der Waals surface area contributed by atoms with Gasteiger partial charge in [0.25, 0.3) is 11.8 Å². The molecule has 122 valence electrons. The number of methoxy groups -OCH3 is 1. The molecule has 1 heterocycles. The van der Waals surface area contributed by atoms with E-state index in [2.05, 4.69) is 15.5 Å². The van der Waals surface area contributed by atoms with Crippen LogP contribution in [0.15, 0.2) is 59.0 Å². The van der Waals surface area contributed by atoms with Crippen LogP contribution in [0, 0.1) is 0 Å². The van der Waals surface area contributed by atoms with Gasteiger partial charge in [0.15, 0.2) is 6.61 Å². The first kappa shape index (κ1) is 15.5. The summed E-state index contributed by atoms with van der Waals surface area (Å²) in [4.78, 5) is 11.9. The van der Waals surface area contributed by atoms with Gasteiger partial charge in [-0.05, 0) is 24.3 Å². The van der Waals surface area contributed by atoms with Crippen LogP contribution in [0.1, 0.15) is 0 Å². The number of ether oxygens (including phenoxy) is 2. The van der Waals surface area contributed by atoms with Gasteiger partial charge in [-0.25, -0.2) is 0 Å². The van der Waals surface area contributed by atoms with E-state index in [0.29, 0.717) is 17.1 Å². The molecule has 0 saturated carbocycles. The summed E-state index contributed by atoms with van der Waals surface area (Å²) in [6.07, 6.45) is 0. The molecule has 3 rings (SSSR count). The Hall–Kier alpha value is -3.35. The number of carbonyl (C=O) groups is 1. The molecule has 0 bridgehead atoms. The van der Waals surface area contributed by atoms with Crippen molar-refractivity contribution >= 4 is 11.9 Å². The number of nitrogens with one attached hydrogen (secondary N) is 1. The van der Waals surface area contributed by atoms with Crippen molar-refractivity contribution in [2.24, 2.45) is 0 Å². The third kappa shape index (κ3) is 3.70. The zero-order valence-corrected chi connectivity index (χ0v) is 12.9.